The maximum absolute atomic E-state index is 4.84. The standard InChI is InChI=1S/C16H27N3S/c1-16(2,3)14-11-20-15(18-14)10-19-8-4-5-13(19)9-17-12-6-7-12/h11-13,17H,4-10H2,1-3H3. The third kappa shape index (κ3) is 3.60. The quantitative estimate of drug-likeness (QED) is 0.904. The second-order valence-electron chi connectivity index (χ2n) is 7.33. The Hall–Kier alpha value is -0.450. The molecule has 20 heavy (non-hydrogen) atoms. The largest absolute Gasteiger partial charge is 0.312 e. The number of nitrogens with zero attached hydrogens (tertiary/aromatic N) is 2. The van der Waals surface area contributed by atoms with E-state index in [0.29, 0.717) is 0 Å². The Morgan fingerprint density at radius 2 is 2.15 bits per heavy atom. The topological polar surface area (TPSA) is 28.2 Å². The molecular weight excluding hydrogens is 266 g/mol. The van der Waals surface area contributed by atoms with Crippen molar-refractivity contribution in [3.05, 3.63) is 16.1 Å². The van der Waals surface area contributed by atoms with Crippen molar-refractivity contribution in [3.8, 4) is 0 Å². The summed E-state index contributed by atoms with van der Waals surface area (Å²) in [6, 6.07) is 1.54. The molecule has 2 aliphatic rings. The summed E-state index contributed by atoms with van der Waals surface area (Å²) >= 11 is 1.83. The number of nitrogens with one attached hydrogen (secondary N) is 1. The maximum atomic E-state index is 4.84. The van der Waals surface area contributed by atoms with Crippen LogP contribution in [0.2, 0.25) is 0 Å². The van der Waals surface area contributed by atoms with Gasteiger partial charge in [0.1, 0.15) is 5.01 Å². The summed E-state index contributed by atoms with van der Waals surface area (Å²) in [6.07, 6.45) is 5.45. The molecule has 1 atom stereocenters. The number of hydrogen-bond acceptors (Lipinski definition) is 4. The van der Waals surface area contributed by atoms with Gasteiger partial charge in [-0.05, 0) is 32.2 Å². The predicted octanol–water partition coefficient (Wildman–Crippen LogP) is 3.16. The van der Waals surface area contributed by atoms with Crippen LogP contribution in [0.1, 0.15) is 57.2 Å². The van der Waals surface area contributed by atoms with Crippen molar-refractivity contribution in [1.82, 2.24) is 15.2 Å². The van der Waals surface area contributed by atoms with Crippen LogP contribution in [0.4, 0.5) is 0 Å². The molecule has 3 nitrogen and oxygen atoms in total. The highest BCUT2D eigenvalue weighted by molar-refractivity contribution is 7.09. The highest BCUT2D eigenvalue weighted by atomic mass is 32.1. The van der Waals surface area contributed by atoms with Gasteiger partial charge in [0, 0.05) is 29.4 Å². The maximum Gasteiger partial charge on any atom is 0.107 e. The SMILES string of the molecule is CC(C)(C)c1csc(CN2CCCC2CNC2CC2)n1. The number of aromatic nitrogens is 1. The number of thiazole rings is 1. The molecule has 1 saturated heterocycles. The van der Waals surface area contributed by atoms with Crippen LogP contribution in [0.5, 0.6) is 0 Å². The number of rotatable bonds is 5. The van der Waals surface area contributed by atoms with Gasteiger partial charge in [-0.3, -0.25) is 4.90 Å². The highest BCUT2D eigenvalue weighted by Crippen LogP contribution is 2.27. The van der Waals surface area contributed by atoms with Gasteiger partial charge in [-0.15, -0.1) is 11.3 Å². The monoisotopic (exact) mass is 293 g/mol. The zero-order chi connectivity index (χ0) is 14.2. The van der Waals surface area contributed by atoms with E-state index in [1.807, 2.05) is 11.3 Å². The van der Waals surface area contributed by atoms with Gasteiger partial charge in [0.2, 0.25) is 0 Å². The van der Waals surface area contributed by atoms with E-state index in [-0.39, 0.29) is 5.41 Å². The van der Waals surface area contributed by atoms with Crippen LogP contribution in [0, 0.1) is 0 Å². The van der Waals surface area contributed by atoms with Crippen LogP contribution in [-0.4, -0.2) is 35.1 Å². The average Bonchev–Trinajstić information content (AvgIpc) is 2.90. The van der Waals surface area contributed by atoms with Crippen molar-refractivity contribution in [1.29, 1.82) is 0 Å². The van der Waals surface area contributed by atoms with E-state index >= 15 is 0 Å². The Morgan fingerprint density at radius 1 is 1.35 bits per heavy atom. The van der Waals surface area contributed by atoms with E-state index in [0.717, 1.165) is 18.6 Å². The molecule has 1 aromatic rings. The molecule has 0 aromatic carbocycles. The van der Waals surface area contributed by atoms with Gasteiger partial charge in [0.25, 0.3) is 0 Å². The molecule has 0 spiro atoms. The molecule has 1 N–H and O–H groups in total. The van der Waals surface area contributed by atoms with Gasteiger partial charge in [-0.25, -0.2) is 4.98 Å². The van der Waals surface area contributed by atoms with E-state index in [1.54, 1.807) is 0 Å². The third-order valence-electron chi connectivity index (χ3n) is 4.38. The van der Waals surface area contributed by atoms with Crippen molar-refractivity contribution in [3.63, 3.8) is 0 Å². The summed E-state index contributed by atoms with van der Waals surface area (Å²) < 4.78 is 0. The van der Waals surface area contributed by atoms with Crippen LogP contribution < -0.4 is 5.32 Å². The minimum atomic E-state index is 0.173. The van der Waals surface area contributed by atoms with E-state index in [2.05, 4.69) is 36.4 Å². The molecular formula is C16H27N3S. The van der Waals surface area contributed by atoms with Gasteiger partial charge in [-0.2, -0.15) is 0 Å². The molecule has 1 unspecified atom stereocenters. The molecule has 0 bridgehead atoms. The molecule has 1 aliphatic carbocycles. The molecule has 112 valence electrons. The van der Waals surface area contributed by atoms with Crippen molar-refractivity contribution >= 4 is 11.3 Å². The fraction of sp³-hybridized carbons (Fsp3) is 0.812. The summed E-state index contributed by atoms with van der Waals surface area (Å²) in [4.78, 5) is 7.47. The third-order valence-corrected chi connectivity index (χ3v) is 5.21. The van der Waals surface area contributed by atoms with Crippen LogP contribution in [-0.2, 0) is 12.0 Å². The van der Waals surface area contributed by atoms with Gasteiger partial charge in [-0.1, -0.05) is 20.8 Å². The lowest BCUT2D eigenvalue weighted by molar-refractivity contribution is 0.238. The van der Waals surface area contributed by atoms with Gasteiger partial charge in [0.15, 0.2) is 0 Å². The normalized spacial score (nSPS) is 24.4. The average molecular weight is 293 g/mol. The number of hydrogen-bond donors (Lipinski definition) is 1. The molecule has 1 saturated carbocycles. The van der Waals surface area contributed by atoms with Crippen molar-refractivity contribution in [2.45, 2.75) is 70.5 Å². The van der Waals surface area contributed by atoms with Gasteiger partial charge in [0.05, 0.1) is 12.2 Å². The molecule has 2 heterocycles. The Morgan fingerprint density at radius 3 is 2.80 bits per heavy atom. The highest BCUT2D eigenvalue weighted by Gasteiger charge is 2.28. The van der Waals surface area contributed by atoms with E-state index in [4.69, 9.17) is 4.98 Å². The molecule has 1 aliphatic heterocycles. The zero-order valence-corrected chi connectivity index (χ0v) is 13.8. The molecule has 3 rings (SSSR count). The zero-order valence-electron chi connectivity index (χ0n) is 13.0. The van der Waals surface area contributed by atoms with Gasteiger partial charge < -0.3 is 5.32 Å². The van der Waals surface area contributed by atoms with Crippen molar-refractivity contribution in [2.24, 2.45) is 0 Å². The second kappa shape index (κ2) is 5.74. The Bertz CT molecular complexity index is 445. The first-order valence-electron chi connectivity index (χ1n) is 7.95. The fourth-order valence-electron chi connectivity index (χ4n) is 2.83. The Balaban J connectivity index is 1.56. The Kier molecular flexibility index (Phi) is 4.16. The summed E-state index contributed by atoms with van der Waals surface area (Å²) in [7, 11) is 0. The minimum Gasteiger partial charge on any atom is -0.312 e. The van der Waals surface area contributed by atoms with E-state index in [9.17, 15) is 0 Å². The second-order valence-corrected chi connectivity index (χ2v) is 8.27. The Labute approximate surface area is 126 Å². The summed E-state index contributed by atoms with van der Waals surface area (Å²) in [6.45, 7) is 10.2. The lowest BCUT2D eigenvalue weighted by Crippen LogP contribution is -2.38. The lowest BCUT2D eigenvalue weighted by Gasteiger charge is -2.23. The summed E-state index contributed by atoms with van der Waals surface area (Å²) in [5.74, 6) is 0. The van der Waals surface area contributed by atoms with Crippen molar-refractivity contribution < 1.29 is 0 Å². The molecule has 0 radical (unpaired) electrons. The molecule has 2 fully saturated rings. The minimum absolute atomic E-state index is 0.173. The molecule has 4 heteroatoms. The lowest BCUT2D eigenvalue weighted by atomic mass is 9.93. The first kappa shape index (κ1) is 14.5. The van der Waals surface area contributed by atoms with Gasteiger partial charge >= 0.3 is 0 Å². The summed E-state index contributed by atoms with van der Waals surface area (Å²) in [5, 5.41) is 7.21. The summed E-state index contributed by atoms with van der Waals surface area (Å²) in [5.41, 5.74) is 1.41. The smallest absolute Gasteiger partial charge is 0.107 e. The van der Waals surface area contributed by atoms with E-state index < -0.39 is 0 Å². The first-order valence-corrected chi connectivity index (χ1v) is 8.82. The van der Waals surface area contributed by atoms with Crippen LogP contribution in [0.25, 0.3) is 0 Å². The fourth-order valence-corrected chi connectivity index (χ4v) is 3.87. The van der Waals surface area contributed by atoms with E-state index in [1.165, 1.54) is 49.5 Å². The van der Waals surface area contributed by atoms with Crippen LogP contribution in [0.15, 0.2) is 5.38 Å². The van der Waals surface area contributed by atoms with Crippen LogP contribution in [0.3, 0.4) is 0 Å². The van der Waals surface area contributed by atoms with Crippen molar-refractivity contribution in [2.75, 3.05) is 13.1 Å². The first-order chi connectivity index (χ1) is 9.52. The molecule has 0 amide bonds. The predicted molar refractivity (Wildman–Crippen MR) is 85.3 cm³/mol. The molecule has 1 aromatic heterocycles. The number of likely N-dealkylation sites (tertiary alicyclic amines) is 1. The van der Waals surface area contributed by atoms with Crippen LogP contribution >= 0.6 is 11.3 Å².